The minimum absolute atomic E-state index is 0.210. The van der Waals surface area contributed by atoms with Crippen LogP contribution in [0.1, 0.15) is 36.3 Å². The summed E-state index contributed by atoms with van der Waals surface area (Å²) in [6.45, 7) is 7.93. The number of sulfonamides is 1. The summed E-state index contributed by atoms with van der Waals surface area (Å²) in [6.07, 6.45) is 3.63. The largest absolute Gasteiger partial charge is 0.356 e. The van der Waals surface area contributed by atoms with Crippen molar-refractivity contribution in [2.45, 2.75) is 44.9 Å². The first-order valence-electron chi connectivity index (χ1n) is 9.22. The summed E-state index contributed by atoms with van der Waals surface area (Å²) >= 11 is 0. The summed E-state index contributed by atoms with van der Waals surface area (Å²) in [5.74, 6) is 1.44. The summed E-state index contributed by atoms with van der Waals surface area (Å²) in [5, 5.41) is 9.74. The molecule has 0 atom stereocenters. The molecule has 9 nitrogen and oxygen atoms in total. The number of nitrogens with zero attached hydrogens (tertiary/aromatic N) is 4. The van der Waals surface area contributed by atoms with Crippen LogP contribution in [0.25, 0.3) is 0 Å². The summed E-state index contributed by atoms with van der Waals surface area (Å²) in [5.41, 5.74) is 1.88. The Morgan fingerprint density at radius 3 is 2.52 bits per heavy atom. The van der Waals surface area contributed by atoms with Crippen LogP contribution in [0, 0.1) is 20.8 Å². The second kappa shape index (κ2) is 8.22. The van der Waals surface area contributed by atoms with Gasteiger partial charge in [0, 0.05) is 37.9 Å². The highest BCUT2D eigenvalue weighted by atomic mass is 32.2. The number of nitrogens with one attached hydrogen (secondary N) is 3. The van der Waals surface area contributed by atoms with Crippen LogP contribution in [0.5, 0.6) is 0 Å². The minimum Gasteiger partial charge on any atom is -0.356 e. The van der Waals surface area contributed by atoms with Gasteiger partial charge in [-0.05, 0) is 40.0 Å². The maximum Gasteiger partial charge on any atom is 0.244 e. The van der Waals surface area contributed by atoms with Gasteiger partial charge < -0.3 is 10.2 Å². The molecule has 27 heavy (non-hydrogen) atoms. The van der Waals surface area contributed by atoms with Crippen molar-refractivity contribution >= 4 is 21.8 Å². The third kappa shape index (κ3) is 4.75. The van der Waals surface area contributed by atoms with Crippen LogP contribution in [0.15, 0.2) is 11.0 Å². The first kappa shape index (κ1) is 19.6. The van der Waals surface area contributed by atoms with E-state index >= 15 is 0 Å². The number of aryl methyl sites for hydroxylation is 3. The average Bonchev–Trinajstić information content (AvgIpc) is 2.98. The van der Waals surface area contributed by atoms with Gasteiger partial charge in [0.05, 0.1) is 11.4 Å². The van der Waals surface area contributed by atoms with Crippen molar-refractivity contribution in [2.24, 2.45) is 0 Å². The number of rotatable bonds is 7. The molecule has 1 aliphatic heterocycles. The number of hydrogen-bond donors (Lipinski definition) is 3. The Bertz CT molecular complexity index is 869. The van der Waals surface area contributed by atoms with Crippen LogP contribution in [0.3, 0.4) is 0 Å². The van der Waals surface area contributed by atoms with E-state index in [-0.39, 0.29) is 11.4 Å². The SMILES string of the molecule is Cc1cc(N2CCCCC2)nc(NCCNS(=O)(=O)c2c(C)n[nH]c2C)n1. The molecule has 3 rings (SSSR count). The van der Waals surface area contributed by atoms with Crippen LogP contribution < -0.4 is 14.9 Å². The standard InChI is InChI=1S/C17H27N7O2S/c1-12-11-15(24-9-5-4-6-10-24)21-17(20-12)18-7-8-19-27(25,26)16-13(2)22-23-14(16)3/h11,19H,4-10H2,1-3H3,(H,22,23)(H,18,20,21). The molecule has 10 heteroatoms. The summed E-state index contributed by atoms with van der Waals surface area (Å²) in [7, 11) is -3.60. The van der Waals surface area contributed by atoms with Gasteiger partial charge in [-0.25, -0.2) is 18.1 Å². The molecular weight excluding hydrogens is 366 g/mol. The molecule has 2 aromatic heterocycles. The van der Waals surface area contributed by atoms with Gasteiger partial charge >= 0.3 is 0 Å². The number of aromatic amines is 1. The lowest BCUT2D eigenvalue weighted by Gasteiger charge is -2.28. The van der Waals surface area contributed by atoms with Gasteiger partial charge in [-0.1, -0.05) is 0 Å². The molecule has 1 fully saturated rings. The van der Waals surface area contributed by atoms with E-state index in [1.165, 1.54) is 19.3 Å². The van der Waals surface area contributed by atoms with E-state index in [9.17, 15) is 8.42 Å². The van der Waals surface area contributed by atoms with Crippen molar-refractivity contribution in [3.8, 4) is 0 Å². The van der Waals surface area contributed by atoms with Gasteiger partial charge in [-0.2, -0.15) is 10.1 Å². The Hall–Kier alpha value is -2.20. The highest BCUT2D eigenvalue weighted by Crippen LogP contribution is 2.19. The normalized spacial score (nSPS) is 15.1. The van der Waals surface area contributed by atoms with E-state index in [4.69, 9.17) is 0 Å². The molecule has 0 amide bonds. The molecule has 1 aliphatic rings. The first-order chi connectivity index (χ1) is 12.9. The van der Waals surface area contributed by atoms with Crippen molar-refractivity contribution in [3.05, 3.63) is 23.1 Å². The van der Waals surface area contributed by atoms with Crippen LogP contribution >= 0.6 is 0 Å². The average molecular weight is 394 g/mol. The molecule has 0 saturated carbocycles. The van der Waals surface area contributed by atoms with Crippen LogP contribution in [0.2, 0.25) is 0 Å². The molecule has 0 aromatic carbocycles. The Balaban J connectivity index is 1.58. The molecule has 148 valence electrons. The molecule has 0 aliphatic carbocycles. The fourth-order valence-corrected chi connectivity index (χ4v) is 4.68. The van der Waals surface area contributed by atoms with E-state index in [0.29, 0.717) is 23.9 Å². The van der Waals surface area contributed by atoms with Crippen molar-refractivity contribution < 1.29 is 8.42 Å². The van der Waals surface area contributed by atoms with Crippen molar-refractivity contribution in [1.29, 1.82) is 0 Å². The molecule has 0 spiro atoms. The second-order valence-corrected chi connectivity index (χ2v) is 8.53. The second-order valence-electron chi connectivity index (χ2n) is 6.83. The summed E-state index contributed by atoms with van der Waals surface area (Å²) < 4.78 is 27.4. The molecule has 0 unspecified atom stereocenters. The zero-order chi connectivity index (χ0) is 19.4. The van der Waals surface area contributed by atoms with Gasteiger partial charge in [0.25, 0.3) is 0 Å². The molecular formula is C17H27N7O2S. The zero-order valence-corrected chi connectivity index (χ0v) is 16.9. The van der Waals surface area contributed by atoms with E-state index in [0.717, 1.165) is 24.6 Å². The monoisotopic (exact) mass is 393 g/mol. The minimum atomic E-state index is -3.60. The lowest BCUT2D eigenvalue weighted by molar-refractivity contribution is 0.573. The van der Waals surface area contributed by atoms with Gasteiger partial charge in [0.1, 0.15) is 10.7 Å². The topological polar surface area (TPSA) is 116 Å². The van der Waals surface area contributed by atoms with Crippen LogP contribution in [-0.2, 0) is 10.0 Å². The maximum atomic E-state index is 12.4. The smallest absolute Gasteiger partial charge is 0.244 e. The summed E-state index contributed by atoms with van der Waals surface area (Å²) in [6, 6.07) is 1.99. The van der Waals surface area contributed by atoms with Crippen molar-refractivity contribution in [3.63, 3.8) is 0 Å². The Labute approximate surface area is 160 Å². The van der Waals surface area contributed by atoms with Gasteiger partial charge in [-0.15, -0.1) is 0 Å². The van der Waals surface area contributed by atoms with Crippen molar-refractivity contribution in [1.82, 2.24) is 24.9 Å². The first-order valence-corrected chi connectivity index (χ1v) is 10.7. The number of piperidine rings is 1. The van der Waals surface area contributed by atoms with E-state index in [1.807, 2.05) is 13.0 Å². The number of anilines is 2. The highest BCUT2D eigenvalue weighted by Gasteiger charge is 2.21. The van der Waals surface area contributed by atoms with Gasteiger partial charge in [0.15, 0.2) is 0 Å². The molecule has 3 N–H and O–H groups in total. The van der Waals surface area contributed by atoms with Gasteiger partial charge in [-0.3, -0.25) is 5.10 Å². The van der Waals surface area contributed by atoms with Crippen LogP contribution in [0.4, 0.5) is 11.8 Å². The Kier molecular flexibility index (Phi) is 5.95. The Morgan fingerprint density at radius 2 is 1.85 bits per heavy atom. The van der Waals surface area contributed by atoms with E-state index < -0.39 is 10.0 Å². The lowest BCUT2D eigenvalue weighted by atomic mass is 10.1. The molecule has 3 heterocycles. The molecule has 0 radical (unpaired) electrons. The van der Waals surface area contributed by atoms with Crippen molar-refractivity contribution in [2.75, 3.05) is 36.4 Å². The predicted molar refractivity (Wildman–Crippen MR) is 105 cm³/mol. The zero-order valence-electron chi connectivity index (χ0n) is 16.0. The number of H-pyrrole nitrogens is 1. The molecule has 0 bridgehead atoms. The fraction of sp³-hybridized carbons (Fsp3) is 0.588. The fourth-order valence-electron chi connectivity index (χ4n) is 3.28. The summed E-state index contributed by atoms with van der Waals surface area (Å²) in [4.78, 5) is 11.5. The third-order valence-corrected chi connectivity index (χ3v) is 6.27. The number of aromatic nitrogens is 4. The van der Waals surface area contributed by atoms with Gasteiger partial charge in [0.2, 0.25) is 16.0 Å². The number of hydrogen-bond acceptors (Lipinski definition) is 7. The molecule has 2 aromatic rings. The van der Waals surface area contributed by atoms with E-state index in [2.05, 4.69) is 35.1 Å². The maximum absolute atomic E-state index is 12.4. The molecule has 1 saturated heterocycles. The predicted octanol–water partition coefficient (Wildman–Crippen LogP) is 1.51. The Morgan fingerprint density at radius 1 is 1.11 bits per heavy atom. The van der Waals surface area contributed by atoms with Crippen LogP contribution in [-0.4, -0.2) is 54.8 Å². The lowest BCUT2D eigenvalue weighted by Crippen LogP contribution is -2.31. The van der Waals surface area contributed by atoms with E-state index in [1.54, 1.807) is 13.8 Å². The third-order valence-electron chi connectivity index (χ3n) is 4.55. The highest BCUT2D eigenvalue weighted by molar-refractivity contribution is 7.89. The quantitative estimate of drug-likeness (QED) is 0.611.